The molecule has 28 heavy (non-hydrogen) atoms. The number of carbonyl (C=O) groups excluding carboxylic acids is 1. The van der Waals surface area contributed by atoms with E-state index in [0.29, 0.717) is 36.3 Å². The SMILES string of the molecule is O=C(CSc1ccc(Cl)cc1)Nc1nnc(Cc2ccc3c(c2)OCCO3)o1. The molecule has 0 unspecified atom stereocenters. The minimum absolute atomic E-state index is 0.0780. The van der Waals surface area contributed by atoms with Crippen LogP contribution in [0.2, 0.25) is 5.02 Å². The Balaban J connectivity index is 1.31. The third-order valence-electron chi connectivity index (χ3n) is 3.86. The Morgan fingerprint density at radius 3 is 2.68 bits per heavy atom. The Labute approximate surface area is 170 Å². The number of fused-ring (bicyclic) bond motifs is 1. The van der Waals surface area contributed by atoms with Crippen molar-refractivity contribution in [1.82, 2.24) is 10.2 Å². The third kappa shape index (κ3) is 4.76. The number of thioether (sulfide) groups is 1. The summed E-state index contributed by atoms with van der Waals surface area (Å²) < 4.78 is 16.6. The lowest BCUT2D eigenvalue weighted by Gasteiger charge is -2.18. The third-order valence-corrected chi connectivity index (χ3v) is 5.12. The van der Waals surface area contributed by atoms with Crippen LogP contribution in [0, 0.1) is 0 Å². The molecule has 0 radical (unpaired) electrons. The number of ether oxygens (including phenoxy) is 2. The maximum Gasteiger partial charge on any atom is 0.322 e. The van der Waals surface area contributed by atoms with Crippen LogP contribution in [0.1, 0.15) is 11.5 Å². The molecule has 0 fully saturated rings. The molecule has 1 N–H and O–H groups in total. The fourth-order valence-corrected chi connectivity index (χ4v) is 3.41. The molecular weight excluding hydrogens is 402 g/mol. The van der Waals surface area contributed by atoms with Crippen molar-refractivity contribution in [3.63, 3.8) is 0 Å². The summed E-state index contributed by atoms with van der Waals surface area (Å²) in [5, 5.41) is 11.1. The molecule has 1 aromatic heterocycles. The molecule has 4 rings (SSSR count). The maximum absolute atomic E-state index is 12.1. The summed E-state index contributed by atoms with van der Waals surface area (Å²) in [7, 11) is 0. The molecule has 0 spiro atoms. The molecule has 9 heteroatoms. The lowest BCUT2D eigenvalue weighted by atomic mass is 10.1. The molecular formula is C19H16ClN3O4S. The summed E-state index contributed by atoms with van der Waals surface area (Å²) in [6.07, 6.45) is 0.430. The molecule has 0 aliphatic carbocycles. The normalized spacial score (nSPS) is 12.6. The zero-order chi connectivity index (χ0) is 19.3. The van der Waals surface area contributed by atoms with Gasteiger partial charge in [-0.1, -0.05) is 22.8 Å². The Morgan fingerprint density at radius 2 is 1.86 bits per heavy atom. The van der Waals surface area contributed by atoms with Crippen LogP contribution in [-0.2, 0) is 11.2 Å². The summed E-state index contributed by atoms with van der Waals surface area (Å²) in [4.78, 5) is 13.0. The summed E-state index contributed by atoms with van der Waals surface area (Å²) in [6.45, 7) is 1.08. The van der Waals surface area contributed by atoms with E-state index in [1.165, 1.54) is 11.8 Å². The Kier molecular flexibility index (Phi) is 5.68. The molecule has 1 aliphatic heterocycles. The van der Waals surface area contributed by atoms with Gasteiger partial charge in [0, 0.05) is 9.92 Å². The van der Waals surface area contributed by atoms with Crippen molar-refractivity contribution in [1.29, 1.82) is 0 Å². The van der Waals surface area contributed by atoms with Crippen molar-refractivity contribution in [2.45, 2.75) is 11.3 Å². The first kappa shape index (κ1) is 18.6. The standard InChI is InChI=1S/C19H16ClN3O4S/c20-13-2-4-14(5-3-13)28-11-17(24)21-19-23-22-18(27-19)10-12-1-6-15-16(9-12)26-8-7-25-15/h1-6,9H,7-8,10-11H2,(H,21,23,24). The number of carbonyl (C=O) groups is 1. The van der Waals surface area contributed by atoms with Crippen LogP contribution in [0.4, 0.5) is 6.01 Å². The van der Waals surface area contributed by atoms with Gasteiger partial charge in [0.1, 0.15) is 13.2 Å². The molecule has 3 aromatic rings. The van der Waals surface area contributed by atoms with Crippen LogP contribution in [-0.4, -0.2) is 35.1 Å². The van der Waals surface area contributed by atoms with E-state index in [0.717, 1.165) is 16.2 Å². The number of amides is 1. The van der Waals surface area contributed by atoms with Gasteiger partial charge in [0.25, 0.3) is 0 Å². The lowest BCUT2D eigenvalue weighted by molar-refractivity contribution is -0.113. The van der Waals surface area contributed by atoms with Gasteiger partial charge < -0.3 is 13.9 Å². The average molecular weight is 418 g/mol. The van der Waals surface area contributed by atoms with Crippen molar-refractivity contribution >= 4 is 35.3 Å². The maximum atomic E-state index is 12.1. The van der Waals surface area contributed by atoms with E-state index in [1.54, 1.807) is 12.1 Å². The molecule has 7 nitrogen and oxygen atoms in total. The number of aromatic nitrogens is 2. The highest BCUT2D eigenvalue weighted by Crippen LogP contribution is 2.31. The van der Waals surface area contributed by atoms with Crippen molar-refractivity contribution in [2.24, 2.45) is 0 Å². The van der Waals surface area contributed by atoms with E-state index in [4.69, 9.17) is 25.5 Å². The number of rotatable bonds is 6. The van der Waals surface area contributed by atoms with Crippen molar-refractivity contribution in [3.8, 4) is 11.5 Å². The van der Waals surface area contributed by atoms with Crippen molar-refractivity contribution in [3.05, 3.63) is 58.9 Å². The predicted octanol–water partition coefficient (Wildman–Crippen LogP) is 3.82. The Bertz CT molecular complexity index is 978. The molecule has 144 valence electrons. The van der Waals surface area contributed by atoms with E-state index in [2.05, 4.69) is 15.5 Å². The highest BCUT2D eigenvalue weighted by molar-refractivity contribution is 8.00. The quantitative estimate of drug-likeness (QED) is 0.610. The summed E-state index contributed by atoms with van der Waals surface area (Å²) >= 11 is 7.24. The number of hydrogen-bond donors (Lipinski definition) is 1. The second kappa shape index (κ2) is 8.53. The van der Waals surface area contributed by atoms with E-state index >= 15 is 0 Å². The average Bonchev–Trinajstić information content (AvgIpc) is 3.14. The van der Waals surface area contributed by atoms with Gasteiger partial charge in [-0.3, -0.25) is 10.1 Å². The van der Waals surface area contributed by atoms with Crippen molar-refractivity contribution < 1.29 is 18.7 Å². The van der Waals surface area contributed by atoms with Gasteiger partial charge >= 0.3 is 6.01 Å². The van der Waals surface area contributed by atoms with Crippen LogP contribution in [0.3, 0.4) is 0 Å². The number of anilines is 1. The molecule has 1 amide bonds. The molecule has 0 bridgehead atoms. The number of hydrogen-bond acceptors (Lipinski definition) is 7. The number of nitrogens with one attached hydrogen (secondary N) is 1. The van der Waals surface area contributed by atoms with Gasteiger partial charge in [0.15, 0.2) is 11.5 Å². The number of halogens is 1. The first-order chi connectivity index (χ1) is 13.7. The summed E-state index contributed by atoms with van der Waals surface area (Å²) in [5.41, 5.74) is 0.948. The first-order valence-electron chi connectivity index (χ1n) is 8.55. The smallest absolute Gasteiger partial charge is 0.322 e. The van der Waals surface area contributed by atoms with Crippen LogP contribution in [0.25, 0.3) is 0 Å². The van der Waals surface area contributed by atoms with Crippen molar-refractivity contribution in [2.75, 3.05) is 24.3 Å². The van der Waals surface area contributed by atoms with Crippen LogP contribution >= 0.6 is 23.4 Å². The van der Waals surface area contributed by atoms with Gasteiger partial charge in [-0.2, -0.15) is 0 Å². The fraction of sp³-hybridized carbons (Fsp3) is 0.211. The van der Waals surface area contributed by atoms with Crippen LogP contribution in [0.15, 0.2) is 51.8 Å². The van der Waals surface area contributed by atoms with E-state index in [1.807, 2.05) is 30.3 Å². The molecule has 2 aromatic carbocycles. The lowest BCUT2D eigenvalue weighted by Crippen LogP contribution is -2.15. The zero-order valence-corrected chi connectivity index (χ0v) is 16.3. The highest BCUT2D eigenvalue weighted by atomic mass is 35.5. The summed E-state index contributed by atoms with van der Waals surface area (Å²) in [5.74, 6) is 1.83. The second-order valence-corrected chi connectivity index (χ2v) is 7.43. The molecule has 0 atom stereocenters. The van der Waals surface area contributed by atoms with E-state index < -0.39 is 0 Å². The van der Waals surface area contributed by atoms with E-state index in [-0.39, 0.29) is 17.7 Å². The number of nitrogens with zero attached hydrogens (tertiary/aromatic N) is 2. The van der Waals surface area contributed by atoms with Gasteiger partial charge in [-0.05, 0) is 42.0 Å². The predicted molar refractivity (Wildman–Crippen MR) is 105 cm³/mol. The second-order valence-electron chi connectivity index (χ2n) is 5.95. The highest BCUT2D eigenvalue weighted by Gasteiger charge is 2.14. The molecule has 1 aliphatic rings. The largest absolute Gasteiger partial charge is 0.486 e. The number of benzene rings is 2. The molecule has 2 heterocycles. The van der Waals surface area contributed by atoms with Crippen LogP contribution in [0.5, 0.6) is 11.5 Å². The Morgan fingerprint density at radius 1 is 1.07 bits per heavy atom. The monoisotopic (exact) mass is 417 g/mol. The van der Waals surface area contributed by atoms with Gasteiger partial charge in [-0.15, -0.1) is 16.9 Å². The molecule has 0 saturated carbocycles. The zero-order valence-electron chi connectivity index (χ0n) is 14.7. The molecule has 0 saturated heterocycles. The van der Waals surface area contributed by atoms with Crippen LogP contribution < -0.4 is 14.8 Å². The first-order valence-corrected chi connectivity index (χ1v) is 9.91. The van der Waals surface area contributed by atoms with Gasteiger partial charge in [0.05, 0.1) is 12.2 Å². The minimum Gasteiger partial charge on any atom is -0.486 e. The fourth-order valence-electron chi connectivity index (χ4n) is 2.58. The summed E-state index contributed by atoms with van der Waals surface area (Å²) in [6, 6.07) is 13.0. The van der Waals surface area contributed by atoms with Gasteiger partial charge in [0.2, 0.25) is 11.8 Å². The van der Waals surface area contributed by atoms with Gasteiger partial charge in [-0.25, -0.2) is 0 Å². The Hall–Kier alpha value is -2.71. The topological polar surface area (TPSA) is 86.5 Å². The van der Waals surface area contributed by atoms with E-state index in [9.17, 15) is 4.79 Å². The minimum atomic E-state index is -0.227.